The lowest BCUT2D eigenvalue weighted by molar-refractivity contribution is 0.312. The molecule has 0 amide bonds. The number of nitrogens with zero attached hydrogens (tertiary/aromatic N) is 4. The third-order valence-electron chi connectivity index (χ3n) is 4.35. The SMILES string of the molecule is CN=C(NCCC(C)C)NCc1cccnc1N1CCN(C)CC1.I. The topological polar surface area (TPSA) is 55.8 Å². The Morgan fingerprint density at radius 1 is 1.24 bits per heavy atom. The molecule has 0 radical (unpaired) electrons. The van der Waals surface area contributed by atoms with Crippen LogP contribution in [0.5, 0.6) is 0 Å². The predicted octanol–water partition coefficient (Wildman–Crippen LogP) is 2.16. The quantitative estimate of drug-likeness (QED) is 0.387. The van der Waals surface area contributed by atoms with Crippen LogP contribution in [0.3, 0.4) is 0 Å². The van der Waals surface area contributed by atoms with Gasteiger partial charge >= 0.3 is 0 Å². The Balaban J connectivity index is 0.00000312. The second kappa shape index (κ2) is 11.5. The van der Waals surface area contributed by atoms with Gasteiger partial charge in [0.15, 0.2) is 5.96 Å². The van der Waals surface area contributed by atoms with Gasteiger partial charge < -0.3 is 20.4 Å². The Kier molecular flexibility index (Phi) is 10.1. The third kappa shape index (κ3) is 7.35. The van der Waals surface area contributed by atoms with E-state index in [2.05, 4.69) is 57.4 Å². The number of nitrogens with one attached hydrogen (secondary N) is 2. The van der Waals surface area contributed by atoms with E-state index in [1.54, 1.807) is 0 Å². The summed E-state index contributed by atoms with van der Waals surface area (Å²) in [5.74, 6) is 2.64. The van der Waals surface area contributed by atoms with Crippen molar-refractivity contribution in [2.24, 2.45) is 10.9 Å². The highest BCUT2D eigenvalue weighted by Gasteiger charge is 2.17. The Morgan fingerprint density at radius 2 is 1.96 bits per heavy atom. The molecule has 1 aromatic rings. The second-order valence-corrected chi connectivity index (χ2v) is 6.81. The van der Waals surface area contributed by atoms with E-state index in [0.717, 1.165) is 57.5 Å². The summed E-state index contributed by atoms with van der Waals surface area (Å²) < 4.78 is 0. The number of anilines is 1. The van der Waals surface area contributed by atoms with Crippen molar-refractivity contribution in [1.82, 2.24) is 20.5 Å². The van der Waals surface area contributed by atoms with E-state index in [0.29, 0.717) is 5.92 Å². The molecule has 0 bridgehead atoms. The molecule has 0 aliphatic carbocycles. The number of halogens is 1. The Hall–Kier alpha value is -1.09. The highest BCUT2D eigenvalue weighted by atomic mass is 127. The first-order chi connectivity index (χ1) is 11.6. The molecular weight excluding hydrogens is 427 g/mol. The summed E-state index contributed by atoms with van der Waals surface area (Å²) in [5, 5.41) is 6.78. The van der Waals surface area contributed by atoms with E-state index in [9.17, 15) is 0 Å². The molecule has 2 heterocycles. The molecule has 2 N–H and O–H groups in total. The lowest BCUT2D eigenvalue weighted by Gasteiger charge is -2.34. The van der Waals surface area contributed by atoms with Gasteiger partial charge in [0, 0.05) is 58.1 Å². The average Bonchev–Trinajstić information content (AvgIpc) is 2.58. The maximum absolute atomic E-state index is 4.62. The van der Waals surface area contributed by atoms with E-state index in [4.69, 9.17) is 0 Å². The van der Waals surface area contributed by atoms with Crippen LogP contribution < -0.4 is 15.5 Å². The molecule has 1 saturated heterocycles. The Bertz CT molecular complexity index is 526. The van der Waals surface area contributed by atoms with Crippen LogP contribution in [0.1, 0.15) is 25.8 Å². The van der Waals surface area contributed by atoms with E-state index < -0.39 is 0 Å². The smallest absolute Gasteiger partial charge is 0.191 e. The van der Waals surface area contributed by atoms with Crippen molar-refractivity contribution in [1.29, 1.82) is 0 Å². The normalized spacial score (nSPS) is 15.9. The third-order valence-corrected chi connectivity index (χ3v) is 4.35. The molecule has 0 atom stereocenters. The number of aliphatic imine (C=N–C) groups is 1. The standard InChI is InChI=1S/C18H32N6.HI/c1-15(2)7-9-21-18(19-3)22-14-16-6-5-8-20-17(16)24-12-10-23(4)11-13-24;/h5-6,8,15H,7,9-14H2,1-4H3,(H2,19,21,22);1H. The fraction of sp³-hybridized carbons (Fsp3) is 0.667. The van der Waals surface area contributed by atoms with Crippen LogP contribution in [0, 0.1) is 5.92 Å². The number of guanidine groups is 1. The number of rotatable bonds is 6. The number of aromatic nitrogens is 1. The van der Waals surface area contributed by atoms with Gasteiger partial charge in [0.1, 0.15) is 5.82 Å². The maximum atomic E-state index is 4.62. The first-order valence-corrected chi connectivity index (χ1v) is 8.92. The van der Waals surface area contributed by atoms with E-state index in [-0.39, 0.29) is 24.0 Å². The van der Waals surface area contributed by atoms with Crippen molar-refractivity contribution in [3.63, 3.8) is 0 Å². The van der Waals surface area contributed by atoms with Crippen molar-refractivity contribution in [2.75, 3.05) is 51.7 Å². The van der Waals surface area contributed by atoms with Crippen LogP contribution in [-0.2, 0) is 6.54 Å². The maximum Gasteiger partial charge on any atom is 0.191 e. The summed E-state index contributed by atoms with van der Waals surface area (Å²) in [7, 11) is 3.99. The van der Waals surface area contributed by atoms with Gasteiger partial charge in [-0.05, 0) is 25.5 Å². The Morgan fingerprint density at radius 3 is 2.60 bits per heavy atom. The second-order valence-electron chi connectivity index (χ2n) is 6.81. The molecule has 1 fully saturated rings. The number of piperazine rings is 1. The minimum atomic E-state index is 0. The summed E-state index contributed by atoms with van der Waals surface area (Å²) in [6, 6.07) is 4.15. The molecule has 2 rings (SSSR count). The van der Waals surface area contributed by atoms with Crippen molar-refractivity contribution in [2.45, 2.75) is 26.8 Å². The summed E-state index contributed by atoms with van der Waals surface area (Å²) in [5.41, 5.74) is 1.22. The zero-order chi connectivity index (χ0) is 17.4. The number of hydrogen-bond acceptors (Lipinski definition) is 4. The van der Waals surface area contributed by atoms with Crippen LogP contribution in [0.4, 0.5) is 5.82 Å². The number of pyridine rings is 1. The van der Waals surface area contributed by atoms with E-state index >= 15 is 0 Å². The largest absolute Gasteiger partial charge is 0.356 e. The molecule has 1 aliphatic rings. The first-order valence-electron chi connectivity index (χ1n) is 8.92. The minimum absolute atomic E-state index is 0. The van der Waals surface area contributed by atoms with Gasteiger partial charge in [0.05, 0.1) is 0 Å². The lowest BCUT2D eigenvalue weighted by Crippen LogP contribution is -2.45. The molecule has 0 saturated carbocycles. The number of hydrogen-bond donors (Lipinski definition) is 2. The fourth-order valence-corrected chi connectivity index (χ4v) is 2.75. The van der Waals surface area contributed by atoms with Gasteiger partial charge in [-0.3, -0.25) is 4.99 Å². The summed E-state index contributed by atoms with van der Waals surface area (Å²) in [6.45, 7) is 10.4. The fourth-order valence-electron chi connectivity index (χ4n) is 2.75. The lowest BCUT2D eigenvalue weighted by atomic mass is 10.1. The van der Waals surface area contributed by atoms with Crippen LogP contribution >= 0.6 is 24.0 Å². The van der Waals surface area contributed by atoms with Crippen molar-refractivity contribution >= 4 is 35.8 Å². The number of likely N-dealkylation sites (N-methyl/N-ethyl adjacent to an activating group) is 1. The molecule has 7 heteroatoms. The highest BCUT2D eigenvalue weighted by Crippen LogP contribution is 2.18. The van der Waals surface area contributed by atoms with Gasteiger partial charge in [-0.2, -0.15) is 0 Å². The van der Waals surface area contributed by atoms with Gasteiger partial charge in [0.25, 0.3) is 0 Å². The zero-order valence-corrected chi connectivity index (χ0v) is 18.3. The van der Waals surface area contributed by atoms with E-state index in [1.807, 2.05) is 19.3 Å². The molecule has 0 unspecified atom stereocenters. The van der Waals surface area contributed by atoms with E-state index in [1.165, 1.54) is 5.56 Å². The van der Waals surface area contributed by atoms with Crippen molar-refractivity contribution in [3.05, 3.63) is 23.9 Å². The first kappa shape index (κ1) is 22.0. The van der Waals surface area contributed by atoms with Crippen LogP contribution in [0.2, 0.25) is 0 Å². The van der Waals surface area contributed by atoms with Gasteiger partial charge in [-0.15, -0.1) is 24.0 Å². The minimum Gasteiger partial charge on any atom is -0.356 e. The average molecular weight is 460 g/mol. The molecular formula is C18H33IN6. The summed E-state index contributed by atoms with van der Waals surface area (Å²) >= 11 is 0. The van der Waals surface area contributed by atoms with Crippen LogP contribution in [0.25, 0.3) is 0 Å². The predicted molar refractivity (Wildman–Crippen MR) is 117 cm³/mol. The molecule has 6 nitrogen and oxygen atoms in total. The van der Waals surface area contributed by atoms with Gasteiger partial charge in [-0.1, -0.05) is 19.9 Å². The summed E-state index contributed by atoms with van der Waals surface area (Å²) in [6.07, 6.45) is 3.02. The van der Waals surface area contributed by atoms with Crippen molar-refractivity contribution in [3.8, 4) is 0 Å². The van der Waals surface area contributed by atoms with Crippen LogP contribution in [0.15, 0.2) is 23.3 Å². The van der Waals surface area contributed by atoms with Gasteiger partial charge in [-0.25, -0.2) is 4.98 Å². The Labute approximate surface area is 169 Å². The molecule has 1 aliphatic heterocycles. The van der Waals surface area contributed by atoms with Gasteiger partial charge in [0.2, 0.25) is 0 Å². The molecule has 0 spiro atoms. The van der Waals surface area contributed by atoms with Crippen molar-refractivity contribution < 1.29 is 0 Å². The molecule has 142 valence electrons. The molecule has 1 aromatic heterocycles. The van der Waals surface area contributed by atoms with Crippen LogP contribution in [-0.4, -0.2) is 62.7 Å². The highest BCUT2D eigenvalue weighted by molar-refractivity contribution is 14.0. The zero-order valence-electron chi connectivity index (χ0n) is 16.0. The monoisotopic (exact) mass is 460 g/mol. The summed E-state index contributed by atoms with van der Waals surface area (Å²) in [4.78, 5) is 13.7. The molecule has 0 aromatic carbocycles. The molecule has 25 heavy (non-hydrogen) atoms.